The van der Waals surface area contributed by atoms with Crippen molar-refractivity contribution in [3.8, 4) is 0 Å². The van der Waals surface area contributed by atoms with Crippen LogP contribution in [0.15, 0.2) is 60.7 Å². The molecule has 2 rings (SSSR count). The number of halogens is 2. The van der Waals surface area contributed by atoms with Crippen molar-refractivity contribution < 1.29 is 49.0 Å². The van der Waals surface area contributed by atoms with Gasteiger partial charge in [0, 0.05) is 12.1 Å². The van der Waals surface area contributed by atoms with Crippen LogP contribution in [0.3, 0.4) is 0 Å². The summed E-state index contributed by atoms with van der Waals surface area (Å²) in [6.45, 7) is 4.21. The van der Waals surface area contributed by atoms with Crippen molar-refractivity contribution >= 4 is 24.1 Å². The van der Waals surface area contributed by atoms with Gasteiger partial charge in [-0.25, -0.2) is 18.4 Å². The number of hydrogen-bond acceptors (Lipinski definition) is 8. The number of carboxylic acids is 2. The summed E-state index contributed by atoms with van der Waals surface area (Å²) in [5.41, 5.74) is 1.82. The lowest BCUT2D eigenvalue weighted by atomic mass is 10.0. The molecule has 0 aromatic heterocycles. The van der Waals surface area contributed by atoms with E-state index in [4.69, 9.17) is 30.6 Å². The highest BCUT2D eigenvalue weighted by Gasteiger charge is 2.37. The van der Waals surface area contributed by atoms with Crippen molar-refractivity contribution in [3.05, 3.63) is 83.4 Å². The molecule has 0 saturated carbocycles. The fourth-order valence-electron chi connectivity index (χ4n) is 2.94. The number of aliphatic hydroxyl groups is 4. The number of aliphatic hydroxyl groups excluding tert-OH is 4. The third-order valence-electron chi connectivity index (χ3n) is 5.79. The highest BCUT2D eigenvalue weighted by molar-refractivity contribution is 5.75. The molecule has 2 aromatic carbocycles. The molecular weight excluding hydrogens is 554 g/mol. The molecule has 0 aliphatic carbocycles. The third-order valence-corrected chi connectivity index (χ3v) is 5.79. The standard InChI is InChI=1S/2C12H16FN.C6H10O8/c2*1-10(14-2)5-3-6-11-7-4-8-12(13)9-11;7-1(3(9)5(11)12)2(8)4(10)6(13)14/h2*3-4,6-10,14H,5H2,1-2H3;1-4,7-10H,(H,11,12)(H,13,14)/b2*6-3+;/t;;1-,2+,3+,4-. The first kappa shape index (κ1) is 38.5. The van der Waals surface area contributed by atoms with Crippen molar-refractivity contribution in [3.63, 3.8) is 0 Å². The van der Waals surface area contributed by atoms with Crippen LogP contribution in [0, 0.1) is 11.6 Å². The van der Waals surface area contributed by atoms with Gasteiger partial charge in [0.15, 0.2) is 12.2 Å². The number of carbonyl (C=O) groups is 2. The Balaban J connectivity index is 0.000000600. The molecule has 0 aliphatic heterocycles. The van der Waals surface area contributed by atoms with E-state index >= 15 is 0 Å². The highest BCUT2D eigenvalue weighted by Crippen LogP contribution is 2.08. The molecule has 0 amide bonds. The number of aliphatic carboxylic acids is 2. The molecule has 2 unspecified atom stereocenters. The van der Waals surface area contributed by atoms with E-state index in [0.717, 1.165) is 24.0 Å². The van der Waals surface area contributed by atoms with Gasteiger partial charge in [0.2, 0.25) is 0 Å². The molecule has 0 fully saturated rings. The predicted molar refractivity (Wildman–Crippen MR) is 156 cm³/mol. The number of carboxylic acid groups (broad SMARTS) is 2. The van der Waals surface area contributed by atoms with Crippen molar-refractivity contribution in [2.24, 2.45) is 0 Å². The fourth-order valence-corrected chi connectivity index (χ4v) is 2.94. The van der Waals surface area contributed by atoms with Crippen molar-refractivity contribution in [2.45, 2.75) is 63.2 Å². The van der Waals surface area contributed by atoms with E-state index < -0.39 is 36.4 Å². The molecule has 6 atom stereocenters. The Bertz CT molecular complexity index is 1040. The lowest BCUT2D eigenvalue weighted by Gasteiger charge is -2.21. The normalized spacial score (nSPS) is 15.4. The van der Waals surface area contributed by atoms with Gasteiger partial charge in [0.25, 0.3) is 0 Å². The van der Waals surface area contributed by atoms with Crippen LogP contribution in [0.5, 0.6) is 0 Å². The molecule has 0 radical (unpaired) electrons. The first-order valence-electron chi connectivity index (χ1n) is 13.1. The van der Waals surface area contributed by atoms with Crippen LogP contribution < -0.4 is 10.6 Å². The molecule has 10 nitrogen and oxygen atoms in total. The molecule has 2 aromatic rings. The molecule has 8 N–H and O–H groups in total. The van der Waals surface area contributed by atoms with Gasteiger partial charge in [0.05, 0.1) is 0 Å². The van der Waals surface area contributed by atoms with Gasteiger partial charge < -0.3 is 41.3 Å². The molecule has 0 aliphatic rings. The summed E-state index contributed by atoms with van der Waals surface area (Å²) >= 11 is 0. The second-order valence-corrected chi connectivity index (χ2v) is 9.31. The molecule has 0 spiro atoms. The molecule has 12 heteroatoms. The van der Waals surface area contributed by atoms with Gasteiger partial charge in [-0.05, 0) is 76.2 Å². The Morgan fingerprint density at radius 3 is 1.31 bits per heavy atom. The smallest absolute Gasteiger partial charge is 0.335 e. The quantitative estimate of drug-likeness (QED) is 0.171. The first-order valence-corrected chi connectivity index (χ1v) is 13.1. The summed E-state index contributed by atoms with van der Waals surface area (Å²) in [6, 6.07) is 14.1. The van der Waals surface area contributed by atoms with Crippen molar-refractivity contribution in [1.82, 2.24) is 10.6 Å². The zero-order valence-electron chi connectivity index (χ0n) is 24.1. The maximum absolute atomic E-state index is 12.8. The molecule has 0 saturated heterocycles. The van der Waals surface area contributed by atoms with Crippen LogP contribution in [-0.4, -0.2) is 93.2 Å². The maximum atomic E-state index is 12.8. The van der Waals surface area contributed by atoms with Crippen LogP contribution in [0.1, 0.15) is 37.8 Å². The van der Waals surface area contributed by atoms with Crippen LogP contribution in [0.4, 0.5) is 8.78 Å². The molecule has 234 valence electrons. The topological polar surface area (TPSA) is 180 Å². The van der Waals surface area contributed by atoms with Crippen molar-refractivity contribution in [2.75, 3.05) is 14.1 Å². The summed E-state index contributed by atoms with van der Waals surface area (Å²) in [5.74, 6) is -4.05. The summed E-state index contributed by atoms with van der Waals surface area (Å²) in [7, 11) is 3.86. The van der Waals surface area contributed by atoms with Crippen LogP contribution >= 0.6 is 0 Å². The first-order chi connectivity index (χ1) is 19.7. The monoisotopic (exact) mass is 596 g/mol. The zero-order chi connectivity index (χ0) is 32.2. The number of benzene rings is 2. The lowest BCUT2D eigenvalue weighted by molar-refractivity contribution is -0.172. The number of hydrogen-bond donors (Lipinski definition) is 8. The average Bonchev–Trinajstić information content (AvgIpc) is 2.96. The van der Waals surface area contributed by atoms with Crippen LogP contribution in [0.2, 0.25) is 0 Å². The van der Waals surface area contributed by atoms with E-state index in [-0.39, 0.29) is 11.6 Å². The SMILES string of the molecule is CNC(C)C/C=C/c1cccc(F)c1.CNC(C)C/C=C/c1cccc(F)c1.O=C(O)[C@@H](O)[C@H](O)[C@H](O)[C@@H](O)C(=O)O. The molecule has 0 bridgehead atoms. The zero-order valence-corrected chi connectivity index (χ0v) is 24.1. The largest absolute Gasteiger partial charge is 0.479 e. The van der Waals surface area contributed by atoms with Crippen LogP contribution in [-0.2, 0) is 9.59 Å². The Labute approximate surface area is 244 Å². The minimum Gasteiger partial charge on any atom is -0.479 e. The molecular formula is C30H42F2N2O8. The predicted octanol–water partition coefficient (Wildman–Crippen LogP) is 2.27. The summed E-state index contributed by atoms with van der Waals surface area (Å²) < 4.78 is 25.5. The van der Waals surface area contributed by atoms with Gasteiger partial charge >= 0.3 is 11.9 Å². The van der Waals surface area contributed by atoms with Gasteiger partial charge in [0.1, 0.15) is 23.8 Å². The molecule has 0 heterocycles. The lowest BCUT2D eigenvalue weighted by Crippen LogP contribution is -2.49. The van der Waals surface area contributed by atoms with E-state index in [0.29, 0.717) is 12.1 Å². The third kappa shape index (κ3) is 16.7. The van der Waals surface area contributed by atoms with E-state index in [2.05, 4.69) is 36.6 Å². The minimum absolute atomic E-state index is 0.186. The fraction of sp³-hybridized carbons (Fsp3) is 0.400. The van der Waals surface area contributed by atoms with Gasteiger partial charge in [-0.2, -0.15) is 0 Å². The van der Waals surface area contributed by atoms with Crippen LogP contribution in [0.25, 0.3) is 12.2 Å². The minimum atomic E-state index is -2.36. The highest BCUT2D eigenvalue weighted by atomic mass is 19.1. The van der Waals surface area contributed by atoms with Gasteiger partial charge in [-0.15, -0.1) is 0 Å². The van der Waals surface area contributed by atoms with E-state index in [1.54, 1.807) is 12.1 Å². The molecule has 42 heavy (non-hydrogen) atoms. The van der Waals surface area contributed by atoms with E-state index in [1.165, 1.54) is 24.3 Å². The average molecular weight is 597 g/mol. The second-order valence-electron chi connectivity index (χ2n) is 9.31. The summed E-state index contributed by atoms with van der Waals surface area (Å²) in [4.78, 5) is 20.2. The number of rotatable bonds is 13. The van der Waals surface area contributed by atoms with Gasteiger partial charge in [-0.1, -0.05) is 48.6 Å². The Hall–Kier alpha value is -3.52. The van der Waals surface area contributed by atoms with E-state index in [1.807, 2.05) is 38.4 Å². The Morgan fingerprint density at radius 1 is 0.714 bits per heavy atom. The Morgan fingerprint density at radius 2 is 1.05 bits per heavy atom. The maximum Gasteiger partial charge on any atom is 0.335 e. The number of nitrogens with one attached hydrogen (secondary N) is 2. The Kier molecular flexibility index (Phi) is 19.4. The summed E-state index contributed by atoms with van der Waals surface area (Å²) in [5, 5.41) is 57.7. The second kappa shape index (κ2) is 21.2. The van der Waals surface area contributed by atoms with E-state index in [9.17, 15) is 18.4 Å². The van der Waals surface area contributed by atoms with Gasteiger partial charge in [-0.3, -0.25) is 0 Å². The van der Waals surface area contributed by atoms with Crippen molar-refractivity contribution in [1.29, 1.82) is 0 Å². The summed E-state index contributed by atoms with van der Waals surface area (Å²) in [6.07, 6.45) is 0.606.